The number of aliphatic hydroxyl groups is 2. The summed E-state index contributed by atoms with van der Waals surface area (Å²) in [4.78, 5) is 30.4. The quantitative estimate of drug-likeness (QED) is 0.572. The maximum atomic E-state index is 12.0. The second-order valence-electron chi connectivity index (χ2n) is 6.57. The second-order valence-corrected chi connectivity index (χ2v) is 6.57. The molecule has 0 bridgehead atoms. The van der Waals surface area contributed by atoms with Crippen LogP contribution >= 0.6 is 0 Å². The summed E-state index contributed by atoms with van der Waals surface area (Å²) in [5.41, 5.74) is -0.0607. The Morgan fingerprint density at radius 3 is 2.40 bits per heavy atom. The van der Waals surface area contributed by atoms with Crippen molar-refractivity contribution in [2.24, 2.45) is 14.1 Å². The molecule has 2 unspecified atom stereocenters. The van der Waals surface area contributed by atoms with Crippen molar-refractivity contribution in [3.8, 4) is 0 Å². The molecule has 0 saturated heterocycles. The van der Waals surface area contributed by atoms with Gasteiger partial charge in [-0.1, -0.05) is 26.2 Å². The molecule has 0 aliphatic carbocycles. The van der Waals surface area contributed by atoms with E-state index in [0.29, 0.717) is 24.0 Å². The van der Waals surface area contributed by atoms with Crippen molar-refractivity contribution < 1.29 is 10.2 Å². The number of hydrogen-bond donors (Lipinski definition) is 3. The summed E-state index contributed by atoms with van der Waals surface area (Å²) in [5.74, 6) is 0.781. The Hall–Kier alpha value is -1.93. The Labute approximate surface area is 146 Å². The number of nitrogens with one attached hydrogen (secondary N) is 1. The molecule has 2 heterocycles. The molecule has 8 nitrogen and oxygen atoms in total. The molecule has 0 aliphatic rings. The van der Waals surface area contributed by atoms with Gasteiger partial charge in [-0.2, -0.15) is 0 Å². The Balaban J connectivity index is 1.89. The number of H-pyrrole nitrogens is 1. The lowest BCUT2D eigenvalue weighted by molar-refractivity contribution is 0.0114. The molecule has 2 atom stereocenters. The number of aliphatic hydroxyl groups excluding tert-OH is 2. The zero-order valence-corrected chi connectivity index (χ0v) is 15.2. The number of unbranched alkanes of at least 4 members (excludes halogenated alkanes) is 3. The van der Waals surface area contributed by atoms with Gasteiger partial charge < -0.3 is 14.8 Å². The molecule has 0 aliphatic heterocycles. The predicted octanol–water partition coefficient (Wildman–Crippen LogP) is 0.585. The first-order chi connectivity index (χ1) is 11.9. The van der Waals surface area contributed by atoms with Crippen LogP contribution in [0.4, 0.5) is 0 Å². The molecule has 8 heteroatoms. The average Bonchev–Trinajstić information content (AvgIpc) is 2.92. The number of rotatable bonds is 9. The maximum absolute atomic E-state index is 12.0. The van der Waals surface area contributed by atoms with Crippen molar-refractivity contribution in [2.75, 3.05) is 0 Å². The maximum Gasteiger partial charge on any atom is 0.329 e. The Kier molecular flexibility index (Phi) is 6.55. The van der Waals surface area contributed by atoms with Crippen LogP contribution in [0.2, 0.25) is 0 Å². The average molecular weight is 352 g/mol. The predicted molar refractivity (Wildman–Crippen MR) is 95.7 cm³/mol. The van der Waals surface area contributed by atoms with Crippen molar-refractivity contribution >= 4 is 11.2 Å². The first-order valence-corrected chi connectivity index (χ1v) is 8.87. The molecular formula is C17H28N4O4. The van der Waals surface area contributed by atoms with Crippen molar-refractivity contribution in [2.45, 2.75) is 64.1 Å². The minimum Gasteiger partial charge on any atom is -0.390 e. The van der Waals surface area contributed by atoms with E-state index >= 15 is 0 Å². The van der Waals surface area contributed by atoms with Crippen LogP contribution in [0.25, 0.3) is 11.2 Å². The van der Waals surface area contributed by atoms with Gasteiger partial charge in [-0.25, -0.2) is 9.78 Å². The van der Waals surface area contributed by atoms with Gasteiger partial charge in [0, 0.05) is 20.5 Å². The number of aromatic amines is 1. The molecule has 0 amide bonds. The van der Waals surface area contributed by atoms with E-state index in [1.807, 2.05) is 6.92 Å². The molecular weight excluding hydrogens is 324 g/mol. The highest BCUT2D eigenvalue weighted by Gasteiger charge is 2.15. The molecule has 0 saturated carbocycles. The van der Waals surface area contributed by atoms with Gasteiger partial charge in [0.1, 0.15) is 5.82 Å². The monoisotopic (exact) mass is 352 g/mol. The fourth-order valence-corrected chi connectivity index (χ4v) is 3.03. The minimum atomic E-state index is -0.641. The highest BCUT2D eigenvalue weighted by Crippen LogP contribution is 2.14. The third kappa shape index (κ3) is 4.38. The van der Waals surface area contributed by atoms with Crippen LogP contribution < -0.4 is 11.2 Å². The lowest BCUT2D eigenvalue weighted by Crippen LogP contribution is -2.29. The fourth-order valence-electron chi connectivity index (χ4n) is 3.03. The van der Waals surface area contributed by atoms with Crippen molar-refractivity contribution in [3.63, 3.8) is 0 Å². The van der Waals surface area contributed by atoms with E-state index in [9.17, 15) is 19.8 Å². The SMILES string of the molecule is CCC(O)C(O)CCCCCCc1nc2c(c(=O)[nH]c(=O)n2C)n1C. The number of aryl methyl sites for hydroxylation is 3. The summed E-state index contributed by atoms with van der Waals surface area (Å²) < 4.78 is 3.09. The van der Waals surface area contributed by atoms with Gasteiger partial charge in [0.25, 0.3) is 5.56 Å². The zero-order valence-electron chi connectivity index (χ0n) is 15.2. The van der Waals surface area contributed by atoms with Crippen LogP contribution in [-0.4, -0.2) is 41.5 Å². The van der Waals surface area contributed by atoms with Gasteiger partial charge in [0.15, 0.2) is 11.2 Å². The van der Waals surface area contributed by atoms with Crippen LogP contribution in [-0.2, 0) is 20.5 Å². The third-order valence-electron chi connectivity index (χ3n) is 4.74. The molecule has 2 aromatic heterocycles. The fraction of sp³-hybridized carbons (Fsp3) is 0.706. The number of hydrogen-bond acceptors (Lipinski definition) is 5. The summed E-state index contributed by atoms with van der Waals surface area (Å²) in [5, 5.41) is 19.2. The van der Waals surface area contributed by atoms with Crippen LogP contribution in [0.5, 0.6) is 0 Å². The van der Waals surface area contributed by atoms with Crippen LogP contribution in [0.1, 0.15) is 51.3 Å². The molecule has 3 N–H and O–H groups in total. The topological polar surface area (TPSA) is 113 Å². The van der Waals surface area contributed by atoms with Crippen LogP contribution in [0.15, 0.2) is 9.59 Å². The zero-order chi connectivity index (χ0) is 18.6. The normalized spacial score (nSPS) is 14.1. The first kappa shape index (κ1) is 19.4. The summed E-state index contributed by atoms with van der Waals surface area (Å²) in [7, 11) is 3.38. The number of aromatic nitrogens is 4. The van der Waals surface area contributed by atoms with E-state index in [2.05, 4.69) is 9.97 Å². The lowest BCUT2D eigenvalue weighted by Gasteiger charge is -2.15. The summed E-state index contributed by atoms with van der Waals surface area (Å²) in [6.45, 7) is 1.85. The molecule has 25 heavy (non-hydrogen) atoms. The lowest BCUT2D eigenvalue weighted by atomic mass is 10.0. The van der Waals surface area contributed by atoms with Gasteiger partial charge in [0.05, 0.1) is 12.2 Å². The van der Waals surface area contributed by atoms with E-state index in [1.54, 1.807) is 18.7 Å². The largest absolute Gasteiger partial charge is 0.390 e. The number of fused-ring (bicyclic) bond motifs is 1. The number of imidazole rings is 1. The van der Waals surface area contributed by atoms with Crippen molar-refractivity contribution in [1.29, 1.82) is 0 Å². The van der Waals surface area contributed by atoms with E-state index in [0.717, 1.165) is 37.9 Å². The summed E-state index contributed by atoms with van der Waals surface area (Å²) in [6.07, 6.45) is 4.35. The summed E-state index contributed by atoms with van der Waals surface area (Å²) in [6, 6.07) is 0. The van der Waals surface area contributed by atoms with Gasteiger partial charge >= 0.3 is 5.69 Å². The minimum absolute atomic E-state index is 0.405. The molecule has 0 fully saturated rings. The van der Waals surface area contributed by atoms with Gasteiger partial charge in [-0.3, -0.25) is 14.3 Å². The first-order valence-electron chi connectivity index (χ1n) is 8.87. The van der Waals surface area contributed by atoms with Gasteiger partial charge in [0.2, 0.25) is 0 Å². The van der Waals surface area contributed by atoms with E-state index in [4.69, 9.17) is 0 Å². The van der Waals surface area contributed by atoms with Crippen LogP contribution in [0, 0.1) is 0 Å². The molecule has 140 valence electrons. The molecule has 2 aromatic rings. The second kappa shape index (κ2) is 8.44. The van der Waals surface area contributed by atoms with Gasteiger partial charge in [-0.15, -0.1) is 0 Å². The van der Waals surface area contributed by atoms with E-state index in [1.165, 1.54) is 4.57 Å². The Morgan fingerprint density at radius 2 is 1.72 bits per heavy atom. The molecule has 0 aromatic carbocycles. The molecule has 0 spiro atoms. The molecule has 2 rings (SSSR count). The molecule has 0 radical (unpaired) electrons. The number of nitrogens with zero attached hydrogens (tertiary/aromatic N) is 3. The highest BCUT2D eigenvalue weighted by atomic mass is 16.3. The van der Waals surface area contributed by atoms with E-state index < -0.39 is 23.5 Å². The smallest absolute Gasteiger partial charge is 0.329 e. The summed E-state index contributed by atoms with van der Waals surface area (Å²) >= 11 is 0. The van der Waals surface area contributed by atoms with Gasteiger partial charge in [-0.05, 0) is 19.3 Å². The highest BCUT2D eigenvalue weighted by molar-refractivity contribution is 5.70. The van der Waals surface area contributed by atoms with Crippen LogP contribution in [0.3, 0.4) is 0 Å². The Bertz CT molecular complexity index is 820. The third-order valence-corrected chi connectivity index (χ3v) is 4.74. The van der Waals surface area contributed by atoms with Crippen molar-refractivity contribution in [1.82, 2.24) is 19.1 Å². The standard InChI is InChI=1S/C17H28N4O4/c1-4-11(22)12(23)9-7-5-6-8-10-13-18-15-14(20(13)2)16(24)19-17(25)21(15)3/h11-12,22-23H,4-10H2,1-3H3,(H,19,24,25). The van der Waals surface area contributed by atoms with E-state index in [-0.39, 0.29) is 0 Å². The Morgan fingerprint density at radius 1 is 1.04 bits per heavy atom. The van der Waals surface area contributed by atoms with Crippen molar-refractivity contribution in [3.05, 3.63) is 26.7 Å².